The zero-order valence-electron chi connectivity index (χ0n) is 9.20. The summed E-state index contributed by atoms with van der Waals surface area (Å²) in [5.74, 6) is 0. The van der Waals surface area contributed by atoms with Crippen LogP contribution in [0.15, 0.2) is 0 Å². The van der Waals surface area contributed by atoms with Crippen molar-refractivity contribution in [2.75, 3.05) is 13.2 Å². The predicted molar refractivity (Wildman–Crippen MR) is 54.7 cm³/mol. The van der Waals surface area contributed by atoms with Gasteiger partial charge in [0.25, 0.3) is 0 Å². The summed E-state index contributed by atoms with van der Waals surface area (Å²) in [5, 5.41) is 18.2. The lowest BCUT2D eigenvalue weighted by Crippen LogP contribution is -2.42. The van der Waals surface area contributed by atoms with E-state index in [-0.39, 0.29) is 6.61 Å². The Balaban J connectivity index is 3.94. The van der Waals surface area contributed by atoms with Crippen molar-refractivity contribution in [3.63, 3.8) is 0 Å². The van der Waals surface area contributed by atoms with Crippen molar-refractivity contribution in [3.8, 4) is 0 Å². The Bertz CT molecular complexity index is 118. The lowest BCUT2D eigenvalue weighted by atomic mass is 10.1. The summed E-state index contributed by atoms with van der Waals surface area (Å²) in [6.45, 7) is 9.18. The lowest BCUT2D eigenvalue weighted by Gasteiger charge is -2.32. The molecule has 0 amide bonds. The van der Waals surface area contributed by atoms with Gasteiger partial charge in [-0.3, -0.25) is 4.90 Å². The summed E-state index contributed by atoms with van der Waals surface area (Å²) >= 11 is 0. The zero-order valence-corrected chi connectivity index (χ0v) is 9.20. The van der Waals surface area contributed by atoms with Gasteiger partial charge in [0, 0.05) is 25.2 Å². The van der Waals surface area contributed by atoms with Gasteiger partial charge in [0.2, 0.25) is 0 Å². The molecule has 0 aromatic heterocycles. The van der Waals surface area contributed by atoms with Crippen molar-refractivity contribution in [2.24, 2.45) is 0 Å². The molecule has 0 saturated heterocycles. The van der Waals surface area contributed by atoms with E-state index in [4.69, 9.17) is 5.11 Å². The predicted octanol–water partition coefficient (Wildman–Crippen LogP) is 0.848. The number of aliphatic hydroxyl groups excluding tert-OH is 2. The first-order valence-electron chi connectivity index (χ1n) is 5.03. The molecule has 13 heavy (non-hydrogen) atoms. The highest BCUT2D eigenvalue weighted by molar-refractivity contribution is 4.71. The minimum Gasteiger partial charge on any atom is -0.396 e. The minimum atomic E-state index is -0.408. The fraction of sp³-hybridized carbons (Fsp3) is 1.00. The Morgan fingerprint density at radius 3 is 1.85 bits per heavy atom. The standard InChI is InChI=1S/C10H23NO2/c1-8(2)11(9(3)4)7-10(13)5-6-12/h8-10,12-13H,5-7H2,1-4H3. The molecule has 0 spiro atoms. The Morgan fingerprint density at radius 1 is 1.08 bits per heavy atom. The Labute approximate surface area is 81.4 Å². The van der Waals surface area contributed by atoms with Crippen molar-refractivity contribution in [1.29, 1.82) is 0 Å². The lowest BCUT2D eigenvalue weighted by molar-refractivity contribution is 0.0592. The second-order valence-electron chi connectivity index (χ2n) is 4.05. The van der Waals surface area contributed by atoms with Crippen molar-refractivity contribution < 1.29 is 10.2 Å². The molecule has 0 aromatic rings. The van der Waals surface area contributed by atoms with Gasteiger partial charge < -0.3 is 10.2 Å². The van der Waals surface area contributed by atoms with E-state index < -0.39 is 6.10 Å². The molecule has 0 radical (unpaired) electrons. The molecule has 0 aliphatic carbocycles. The van der Waals surface area contributed by atoms with Crippen LogP contribution in [0.3, 0.4) is 0 Å². The third kappa shape index (κ3) is 5.24. The van der Waals surface area contributed by atoms with Crippen LogP contribution in [0.2, 0.25) is 0 Å². The molecular weight excluding hydrogens is 166 g/mol. The van der Waals surface area contributed by atoms with Gasteiger partial charge in [-0.25, -0.2) is 0 Å². The molecule has 1 atom stereocenters. The number of nitrogens with zero attached hydrogens (tertiary/aromatic N) is 1. The first-order chi connectivity index (χ1) is 5.99. The topological polar surface area (TPSA) is 43.7 Å². The van der Waals surface area contributed by atoms with E-state index in [1.807, 2.05) is 0 Å². The van der Waals surface area contributed by atoms with Crippen molar-refractivity contribution in [1.82, 2.24) is 4.90 Å². The maximum absolute atomic E-state index is 9.52. The summed E-state index contributed by atoms with van der Waals surface area (Å²) in [5.41, 5.74) is 0. The van der Waals surface area contributed by atoms with E-state index in [0.717, 1.165) is 0 Å². The summed E-state index contributed by atoms with van der Waals surface area (Å²) < 4.78 is 0. The number of aliphatic hydroxyl groups is 2. The molecule has 0 aliphatic heterocycles. The van der Waals surface area contributed by atoms with Gasteiger partial charge in [0.1, 0.15) is 0 Å². The van der Waals surface area contributed by atoms with Gasteiger partial charge in [0.05, 0.1) is 6.10 Å². The Kier molecular flexibility index (Phi) is 6.29. The molecule has 0 heterocycles. The molecule has 0 aliphatic rings. The van der Waals surface area contributed by atoms with Crippen LogP contribution in [0, 0.1) is 0 Å². The van der Waals surface area contributed by atoms with Gasteiger partial charge in [-0.15, -0.1) is 0 Å². The zero-order chi connectivity index (χ0) is 10.4. The third-order valence-corrected chi connectivity index (χ3v) is 2.21. The van der Waals surface area contributed by atoms with Crippen molar-refractivity contribution in [2.45, 2.75) is 52.3 Å². The normalized spacial score (nSPS) is 14.5. The fourth-order valence-electron chi connectivity index (χ4n) is 1.50. The van der Waals surface area contributed by atoms with E-state index in [1.54, 1.807) is 0 Å². The molecule has 0 bridgehead atoms. The SMILES string of the molecule is CC(C)N(CC(O)CCO)C(C)C. The van der Waals surface area contributed by atoms with E-state index in [9.17, 15) is 5.11 Å². The largest absolute Gasteiger partial charge is 0.396 e. The summed E-state index contributed by atoms with van der Waals surface area (Å²) in [7, 11) is 0. The molecule has 3 heteroatoms. The molecule has 80 valence electrons. The highest BCUT2D eigenvalue weighted by atomic mass is 16.3. The van der Waals surface area contributed by atoms with Crippen LogP contribution in [0.4, 0.5) is 0 Å². The molecule has 2 N–H and O–H groups in total. The maximum Gasteiger partial charge on any atom is 0.0689 e. The molecule has 0 saturated carbocycles. The first kappa shape index (κ1) is 12.9. The third-order valence-electron chi connectivity index (χ3n) is 2.21. The van der Waals surface area contributed by atoms with Crippen LogP contribution >= 0.6 is 0 Å². The van der Waals surface area contributed by atoms with Crippen LogP contribution < -0.4 is 0 Å². The maximum atomic E-state index is 9.52. The van der Waals surface area contributed by atoms with Gasteiger partial charge in [0.15, 0.2) is 0 Å². The van der Waals surface area contributed by atoms with Crippen molar-refractivity contribution in [3.05, 3.63) is 0 Å². The molecule has 1 unspecified atom stereocenters. The van der Waals surface area contributed by atoms with Gasteiger partial charge in [-0.05, 0) is 34.1 Å². The second kappa shape index (κ2) is 6.35. The minimum absolute atomic E-state index is 0.0607. The molecule has 3 nitrogen and oxygen atoms in total. The molecule has 0 rings (SSSR count). The fourth-order valence-corrected chi connectivity index (χ4v) is 1.50. The molecule has 0 fully saturated rings. The molecular formula is C10H23NO2. The number of hydrogen-bond donors (Lipinski definition) is 2. The average Bonchev–Trinajstić information content (AvgIpc) is 1.99. The Morgan fingerprint density at radius 2 is 1.54 bits per heavy atom. The number of rotatable bonds is 6. The first-order valence-corrected chi connectivity index (χ1v) is 5.03. The smallest absolute Gasteiger partial charge is 0.0689 e. The van der Waals surface area contributed by atoms with E-state index in [1.165, 1.54) is 0 Å². The van der Waals surface area contributed by atoms with Crippen molar-refractivity contribution >= 4 is 0 Å². The highest BCUT2D eigenvalue weighted by Gasteiger charge is 2.16. The van der Waals surface area contributed by atoms with Gasteiger partial charge >= 0.3 is 0 Å². The molecule has 0 aromatic carbocycles. The van der Waals surface area contributed by atoms with E-state index >= 15 is 0 Å². The number of hydrogen-bond acceptors (Lipinski definition) is 3. The second-order valence-corrected chi connectivity index (χ2v) is 4.05. The van der Waals surface area contributed by atoms with Crippen LogP contribution in [-0.4, -0.2) is 46.5 Å². The summed E-state index contributed by atoms with van der Waals surface area (Å²) in [6, 6.07) is 0.877. The summed E-state index contributed by atoms with van der Waals surface area (Å²) in [4.78, 5) is 2.22. The van der Waals surface area contributed by atoms with Gasteiger partial charge in [-0.1, -0.05) is 0 Å². The average molecular weight is 189 g/mol. The highest BCUT2D eigenvalue weighted by Crippen LogP contribution is 2.07. The van der Waals surface area contributed by atoms with Crippen LogP contribution in [-0.2, 0) is 0 Å². The van der Waals surface area contributed by atoms with Crippen LogP contribution in [0.25, 0.3) is 0 Å². The quantitative estimate of drug-likeness (QED) is 0.651. The Hall–Kier alpha value is -0.120. The van der Waals surface area contributed by atoms with Gasteiger partial charge in [-0.2, -0.15) is 0 Å². The van der Waals surface area contributed by atoms with E-state index in [2.05, 4.69) is 32.6 Å². The monoisotopic (exact) mass is 189 g/mol. The van der Waals surface area contributed by atoms with Crippen LogP contribution in [0.1, 0.15) is 34.1 Å². The van der Waals surface area contributed by atoms with Crippen LogP contribution in [0.5, 0.6) is 0 Å². The van der Waals surface area contributed by atoms with E-state index in [0.29, 0.717) is 25.0 Å². The summed E-state index contributed by atoms with van der Waals surface area (Å²) in [6.07, 6.45) is 0.0606.